The highest BCUT2D eigenvalue weighted by Gasteiger charge is 2.18. The molecule has 2 aliphatic rings. The predicted molar refractivity (Wildman–Crippen MR) is 66.0 cm³/mol. The number of nitrogens with zero attached hydrogens (tertiary/aromatic N) is 1. The van der Waals surface area contributed by atoms with Crippen LogP contribution in [0.15, 0.2) is 11.6 Å². The molecule has 1 aliphatic carbocycles. The van der Waals surface area contributed by atoms with Crippen LogP contribution in [0.4, 0.5) is 0 Å². The van der Waals surface area contributed by atoms with Gasteiger partial charge in [-0.1, -0.05) is 25.0 Å². The van der Waals surface area contributed by atoms with E-state index in [1.807, 2.05) is 0 Å². The third-order valence-electron chi connectivity index (χ3n) is 4.03. The van der Waals surface area contributed by atoms with Crippen molar-refractivity contribution < 1.29 is 0 Å². The molecule has 1 nitrogen and oxygen atoms in total. The highest BCUT2D eigenvalue weighted by molar-refractivity contribution is 5.05. The average Bonchev–Trinajstić information content (AvgIpc) is 2.31. The van der Waals surface area contributed by atoms with Gasteiger partial charge in [0, 0.05) is 6.54 Å². The predicted octanol–water partition coefficient (Wildman–Crippen LogP) is 3.61. The molecule has 1 atom stereocenters. The number of allylic oxidation sites excluding steroid dienone is 2. The number of piperidine rings is 1. The van der Waals surface area contributed by atoms with E-state index in [0.29, 0.717) is 0 Å². The highest BCUT2D eigenvalue weighted by Crippen LogP contribution is 2.26. The second-order valence-corrected chi connectivity index (χ2v) is 5.22. The van der Waals surface area contributed by atoms with Crippen LogP contribution in [0.5, 0.6) is 0 Å². The molecule has 1 heteroatoms. The van der Waals surface area contributed by atoms with Gasteiger partial charge in [-0.3, -0.25) is 0 Å². The van der Waals surface area contributed by atoms with Gasteiger partial charge in [0.2, 0.25) is 0 Å². The van der Waals surface area contributed by atoms with Crippen molar-refractivity contribution in [3.05, 3.63) is 11.6 Å². The summed E-state index contributed by atoms with van der Waals surface area (Å²) >= 11 is 0. The molecule has 1 saturated heterocycles. The Morgan fingerprint density at radius 3 is 2.67 bits per heavy atom. The molecular weight excluding hydrogens is 182 g/mol. The van der Waals surface area contributed by atoms with Crippen molar-refractivity contribution in [1.29, 1.82) is 0 Å². The maximum Gasteiger partial charge on any atom is 0.00127 e. The number of likely N-dealkylation sites (tertiary alicyclic amines) is 1. The van der Waals surface area contributed by atoms with E-state index in [1.54, 1.807) is 5.57 Å². The molecule has 2 rings (SSSR count). The summed E-state index contributed by atoms with van der Waals surface area (Å²) in [5.41, 5.74) is 1.70. The molecule has 1 heterocycles. The van der Waals surface area contributed by atoms with Crippen LogP contribution < -0.4 is 0 Å². The van der Waals surface area contributed by atoms with Gasteiger partial charge in [0.15, 0.2) is 0 Å². The number of rotatable bonds is 3. The lowest BCUT2D eigenvalue weighted by atomic mass is 9.88. The fourth-order valence-electron chi connectivity index (χ4n) is 2.94. The molecular formula is C14H25N. The van der Waals surface area contributed by atoms with E-state index in [9.17, 15) is 0 Å². The van der Waals surface area contributed by atoms with Gasteiger partial charge in [-0.2, -0.15) is 0 Å². The van der Waals surface area contributed by atoms with Gasteiger partial charge in [-0.05, 0) is 57.5 Å². The van der Waals surface area contributed by atoms with E-state index >= 15 is 0 Å². The Morgan fingerprint density at radius 2 is 2.07 bits per heavy atom. The maximum atomic E-state index is 2.69. The lowest BCUT2D eigenvalue weighted by Gasteiger charge is -2.31. The summed E-state index contributed by atoms with van der Waals surface area (Å²) in [7, 11) is 0. The summed E-state index contributed by atoms with van der Waals surface area (Å²) in [6.45, 7) is 6.38. The van der Waals surface area contributed by atoms with E-state index in [2.05, 4.69) is 17.9 Å². The van der Waals surface area contributed by atoms with Crippen molar-refractivity contribution in [2.45, 2.75) is 51.9 Å². The molecule has 0 bridgehead atoms. The van der Waals surface area contributed by atoms with E-state index in [0.717, 1.165) is 5.92 Å². The summed E-state index contributed by atoms with van der Waals surface area (Å²) < 4.78 is 0. The molecule has 0 amide bonds. The first-order valence-electron chi connectivity index (χ1n) is 6.78. The first-order chi connectivity index (χ1) is 7.38. The molecule has 1 unspecified atom stereocenters. The van der Waals surface area contributed by atoms with Gasteiger partial charge in [0.05, 0.1) is 0 Å². The second kappa shape index (κ2) is 5.69. The largest absolute Gasteiger partial charge is 0.303 e. The zero-order valence-electron chi connectivity index (χ0n) is 10.2. The Bertz CT molecular complexity index is 213. The second-order valence-electron chi connectivity index (χ2n) is 5.22. The van der Waals surface area contributed by atoms with Crippen LogP contribution in [0.25, 0.3) is 0 Å². The standard InChI is InChI=1S/C14H25N/c1-2-13-6-8-14(9-7-13)12-15-10-4-3-5-11-15/h6,14H,2-5,7-12H2,1H3. The first kappa shape index (κ1) is 11.2. The molecule has 0 spiro atoms. The Hall–Kier alpha value is -0.300. The summed E-state index contributed by atoms with van der Waals surface area (Å²) in [4.78, 5) is 2.69. The summed E-state index contributed by atoms with van der Waals surface area (Å²) in [6, 6.07) is 0. The van der Waals surface area contributed by atoms with Crippen LogP contribution in [0.3, 0.4) is 0 Å². The molecule has 0 N–H and O–H groups in total. The highest BCUT2D eigenvalue weighted by atomic mass is 15.1. The molecule has 0 aromatic rings. The summed E-state index contributed by atoms with van der Waals surface area (Å²) in [5, 5.41) is 0. The van der Waals surface area contributed by atoms with Crippen LogP contribution in [0.1, 0.15) is 51.9 Å². The van der Waals surface area contributed by atoms with Crippen LogP contribution in [-0.2, 0) is 0 Å². The SMILES string of the molecule is CCC1=CCC(CN2CCCCC2)CC1. The quantitative estimate of drug-likeness (QED) is 0.639. The van der Waals surface area contributed by atoms with Crippen molar-refractivity contribution in [3.8, 4) is 0 Å². The Morgan fingerprint density at radius 1 is 1.27 bits per heavy atom. The van der Waals surface area contributed by atoms with Gasteiger partial charge in [0.1, 0.15) is 0 Å². The summed E-state index contributed by atoms with van der Waals surface area (Å²) in [5.74, 6) is 0.957. The van der Waals surface area contributed by atoms with Crippen molar-refractivity contribution in [2.75, 3.05) is 19.6 Å². The molecule has 1 fully saturated rings. The Balaban J connectivity index is 1.74. The third-order valence-corrected chi connectivity index (χ3v) is 4.03. The minimum absolute atomic E-state index is 0.957. The van der Waals surface area contributed by atoms with Crippen LogP contribution in [-0.4, -0.2) is 24.5 Å². The fraction of sp³-hybridized carbons (Fsp3) is 0.857. The molecule has 0 saturated carbocycles. The minimum Gasteiger partial charge on any atom is -0.303 e. The zero-order chi connectivity index (χ0) is 10.5. The number of hydrogen-bond donors (Lipinski definition) is 0. The third kappa shape index (κ3) is 3.34. The van der Waals surface area contributed by atoms with E-state index < -0.39 is 0 Å². The zero-order valence-corrected chi connectivity index (χ0v) is 10.2. The molecule has 0 aromatic heterocycles. The van der Waals surface area contributed by atoms with E-state index in [4.69, 9.17) is 0 Å². The fourth-order valence-corrected chi connectivity index (χ4v) is 2.94. The first-order valence-corrected chi connectivity index (χ1v) is 6.78. The lowest BCUT2D eigenvalue weighted by molar-refractivity contribution is 0.189. The molecule has 0 aromatic carbocycles. The molecule has 86 valence electrons. The average molecular weight is 207 g/mol. The molecule has 0 radical (unpaired) electrons. The maximum absolute atomic E-state index is 2.69. The minimum atomic E-state index is 0.957. The van der Waals surface area contributed by atoms with Crippen molar-refractivity contribution in [2.24, 2.45) is 5.92 Å². The van der Waals surface area contributed by atoms with Gasteiger partial charge in [-0.15, -0.1) is 0 Å². The Labute approximate surface area is 94.5 Å². The normalized spacial score (nSPS) is 28.9. The molecule has 15 heavy (non-hydrogen) atoms. The van der Waals surface area contributed by atoms with Crippen LogP contribution >= 0.6 is 0 Å². The van der Waals surface area contributed by atoms with Crippen molar-refractivity contribution in [1.82, 2.24) is 4.90 Å². The van der Waals surface area contributed by atoms with E-state index in [-0.39, 0.29) is 0 Å². The van der Waals surface area contributed by atoms with Gasteiger partial charge >= 0.3 is 0 Å². The van der Waals surface area contributed by atoms with Gasteiger partial charge in [-0.25, -0.2) is 0 Å². The molecule has 1 aliphatic heterocycles. The monoisotopic (exact) mass is 207 g/mol. The van der Waals surface area contributed by atoms with Crippen LogP contribution in [0, 0.1) is 5.92 Å². The van der Waals surface area contributed by atoms with Crippen LogP contribution in [0.2, 0.25) is 0 Å². The lowest BCUT2D eigenvalue weighted by Crippen LogP contribution is -2.34. The smallest absolute Gasteiger partial charge is 0.00127 e. The topological polar surface area (TPSA) is 3.24 Å². The Kier molecular flexibility index (Phi) is 4.25. The van der Waals surface area contributed by atoms with Gasteiger partial charge in [0.25, 0.3) is 0 Å². The summed E-state index contributed by atoms with van der Waals surface area (Å²) in [6.07, 6.45) is 12.3. The van der Waals surface area contributed by atoms with Crippen molar-refractivity contribution in [3.63, 3.8) is 0 Å². The number of hydrogen-bond acceptors (Lipinski definition) is 1. The van der Waals surface area contributed by atoms with Gasteiger partial charge < -0.3 is 4.90 Å². The van der Waals surface area contributed by atoms with E-state index in [1.165, 1.54) is 64.6 Å². The van der Waals surface area contributed by atoms with Crippen molar-refractivity contribution >= 4 is 0 Å².